The minimum Gasteiger partial charge on any atom is -0.492 e. The Balaban J connectivity index is 2.17. The first-order chi connectivity index (χ1) is 8.24. The Bertz CT molecular complexity index is 671. The van der Waals surface area contributed by atoms with Crippen molar-refractivity contribution in [3.8, 4) is 16.5 Å². The highest BCUT2D eigenvalue weighted by molar-refractivity contribution is 7.15. The number of hydrogen-bond donors (Lipinski definition) is 1. The topological polar surface area (TPSA) is 46.0 Å². The fourth-order valence-electron chi connectivity index (χ4n) is 1.70. The second-order valence-electron chi connectivity index (χ2n) is 3.82. The first kappa shape index (κ1) is 10.2. The zero-order chi connectivity index (χ0) is 11.8. The third kappa shape index (κ3) is 1.76. The predicted octanol–water partition coefficient (Wildman–Crippen LogP) is 3.37. The maximum Gasteiger partial charge on any atom is 0.225 e. The number of aromatic nitrogens is 2. The average Bonchev–Trinajstić information content (AvgIpc) is 2.69. The van der Waals surface area contributed by atoms with E-state index in [1.54, 1.807) is 6.20 Å². The maximum absolute atomic E-state index is 9.49. The van der Waals surface area contributed by atoms with Crippen LogP contribution in [0.15, 0.2) is 36.5 Å². The number of hydrogen-bond acceptors (Lipinski definition) is 4. The van der Waals surface area contributed by atoms with Gasteiger partial charge in [0.2, 0.25) is 5.88 Å². The Morgan fingerprint density at radius 3 is 2.82 bits per heavy atom. The molecule has 3 aromatic rings. The number of fused-ring (bicyclic) bond motifs is 1. The van der Waals surface area contributed by atoms with E-state index < -0.39 is 0 Å². The molecule has 0 saturated carbocycles. The van der Waals surface area contributed by atoms with Crippen LogP contribution in [-0.4, -0.2) is 15.1 Å². The number of rotatable bonds is 1. The monoisotopic (exact) mass is 242 g/mol. The largest absolute Gasteiger partial charge is 0.492 e. The van der Waals surface area contributed by atoms with E-state index in [4.69, 9.17) is 0 Å². The molecule has 0 aliphatic carbocycles. The van der Waals surface area contributed by atoms with E-state index in [-0.39, 0.29) is 5.88 Å². The quantitative estimate of drug-likeness (QED) is 0.711. The number of thiazole rings is 1. The average molecular weight is 242 g/mol. The van der Waals surface area contributed by atoms with Crippen LogP contribution in [0, 0.1) is 6.92 Å². The molecule has 3 nitrogen and oxygen atoms in total. The fraction of sp³-hybridized carbons (Fsp3) is 0.0769. The molecule has 1 N–H and O–H groups in total. The van der Waals surface area contributed by atoms with Gasteiger partial charge in [-0.3, -0.25) is 4.98 Å². The highest BCUT2D eigenvalue weighted by Crippen LogP contribution is 2.31. The highest BCUT2D eigenvalue weighted by atomic mass is 32.1. The molecule has 0 bridgehead atoms. The molecule has 0 amide bonds. The summed E-state index contributed by atoms with van der Waals surface area (Å²) in [4.78, 5) is 9.33. The van der Waals surface area contributed by atoms with Gasteiger partial charge in [-0.25, -0.2) is 4.98 Å². The van der Waals surface area contributed by atoms with E-state index in [1.165, 1.54) is 11.3 Å². The Morgan fingerprint density at radius 2 is 2.06 bits per heavy atom. The standard InChI is InChI=1S/C13H10N2OS/c1-8-12(16)15-13(17-8)10-6-9-4-2-3-5-11(9)14-7-10/h2-7,16H,1H3. The molecule has 84 valence electrons. The Morgan fingerprint density at radius 1 is 1.24 bits per heavy atom. The van der Waals surface area contributed by atoms with Gasteiger partial charge < -0.3 is 5.11 Å². The molecule has 0 saturated heterocycles. The summed E-state index contributed by atoms with van der Waals surface area (Å²) in [6, 6.07) is 9.99. The summed E-state index contributed by atoms with van der Waals surface area (Å²) >= 11 is 1.47. The molecule has 0 spiro atoms. The number of aryl methyl sites for hydroxylation is 1. The number of benzene rings is 1. The third-order valence-electron chi connectivity index (χ3n) is 2.61. The number of aromatic hydroxyl groups is 1. The van der Waals surface area contributed by atoms with E-state index in [1.807, 2.05) is 37.3 Å². The Hall–Kier alpha value is -1.94. The van der Waals surface area contributed by atoms with E-state index in [0.717, 1.165) is 26.4 Å². The number of nitrogens with zero attached hydrogens (tertiary/aromatic N) is 2. The second-order valence-corrected chi connectivity index (χ2v) is 5.02. The van der Waals surface area contributed by atoms with Gasteiger partial charge in [0.25, 0.3) is 0 Å². The summed E-state index contributed by atoms with van der Waals surface area (Å²) in [7, 11) is 0. The first-order valence-corrected chi connectivity index (χ1v) is 6.07. The summed E-state index contributed by atoms with van der Waals surface area (Å²) in [6.45, 7) is 1.85. The van der Waals surface area contributed by atoms with E-state index in [9.17, 15) is 5.11 Å². The summed E-state index contributed by atoms with van der Waals surface area (Å²) < 4.78 is 0. The van der Waals surface area contributed by atoms with Gasteiger partial charge in [0.1, 0.15) is 5.01 Å². The van der Waals surface area contributed by atoms with Crippen LogP contribution in [0.4, 0.5) is 0 Å². The van der Waals surface area contributed by atoms with Gasteiger partial charge in [0, 0.05) is 17.1 Å². The molecule has 2 aromatic heterocycles. The van der Waals surface area contributed by atoms with Gasteiger partial charge in [-0.2, -0.15) is 0 Å². The molecule has 2 heterocycles. The molecule has 0 aliphatic heterocycles. The number of para-hydroxylation sites is 1. The fourth-order valence-corrected chi connectivity index (χ4v) is 2.49. The zero-order valence-corrected chi connectivity index (χ0v) is 10.0. The van der Waals surface area contributed by atoms with E-state index >= 15 is 0 Å². The zero-order valence-electron chi connectivity index (χ0n) is 9.21. The van der Waals surface area contributed by atoms with Crippen molar-refractivity contribution in [1.82, 2.24) is 9.97 Å². The van der Waals surface area contributed by atoms with Crippen LogP contribution in [0.3, 0.4) is 0 Å². The molecular weight excluding hydrogens is 232 g/mol. The minimum absolute atomic E-state index is 0.109. The first-order valence-electron chi connectivity index (χ1n) is 5.25. The molecule has 0 atom stereocenters. The van der Waals surface area contributed by atoms with Crippen LogP contribution in [-0.2, 0) is 0 Å². The molecule has 17 heavy (non-hydrogen) atoms. The lowest BCUT2D eigenvalue weighted by atomic mass is 10.2. The second kappa shape index (κ2) is 3.82. The summed E-state index contributed by atoms with van der Waals surface area (Å²) in [6.07, 6.45) is 1.79. The van der Waals surface area contributed by atoms with Gasteiger partial charge in [-0.15, -0.1) is 11.3 Å². The van der Waals surface area contributed by atoms with Crippen molar-refractivity contribution in [2.75, 3.05) is 0 Å². The van der Waals surface area contributed by atoms with Crippen molar-refractivity contribution in [1.29, 1.82) is 0 Å². The number of pyridine rings is 1. The van der Waals surface area contributed by atoms with Crippen LogP contribution in [0.1, 0.15) is 4.88 Å². The highest BCUT2D eigenvalue weighted by Gasteiger charge is 2.08. The van der Waals surface area contributed by atoms with Crippen molar-refractivity contribution >= 4 is 22.2 Å². The summed E-state index contributed by atoms with van der Waals surface area (Å²) in [5.41, 5.74) is 1.91. The van der Waals surface area contributed by atoms with Crippen molar-refractivity contribution in [2.45, 2.75) is 6.92 Å². The lowest BCUT2D eigenvalue weighted by molar-refractivity contribution is 0.454. The third-order valence-corrected chi connectivity index (χ3v) is 3.62. The lowest BCUT2D eigenvalue weighted by Crippen LogP contribution is -1.81. The molecule has 1 aromatic carbocycles. The van der Waals surface area contributed by atoms with Crippen molar-refractivity contribution in [3.05, 3.63) is 41.4 Å². The Labute approximate surface area is 102 Å². The van der Waals surface area contributed by atoms with Crippen molar-refractivity contribution in [2.24, 2.45) is 0 Å². The van der Waals surface area contributed by atoms with Crippen molar-refractivity contribution < 1.29 is 5.11 Å². The molecule has 3 rings (SSSR count). The van der Waals surface area contributed by atoms with Crippen molar-refractivity contribution in [3.63, 3.8) is 0 Å². The van der Waals surface area contributed by atoms with Gasteiger partial charge in [0.05, 0.1) is 10.4 Å². The van der Waals surface area contributed by atoms with Crippen LogP contribution >= 0.6 is 11.3 Å². The molecule has 0 radical (unpaired) electrons. The van der Waals surface area contributed by atoms with E-state index in [0.29, 0.717) is 0 Å². The van der Waals surface area contributed by atoms with Gasteiger partial charge >= 0.3 is 0 Å². The van der Waals surface area contributed by atoms with Crippen LogP contribution in [0.25, 0.3) is 21.5 Å². The molecular formula is C13H10N2OS. The molecule has 0 fully saturated rings. The minimum atomic E-state index is 0.109. The van der Waals surface area contributed by atoms with E-state index in [2.05, 4.69) is 9.97 Å². The maximum atomic E-state index is 9.49. The van der Waals surface area contributed by atoms with Gasteiger partial charge in [-0.05, 0) is 19.1 Å². The van der Waals surface area contributed by atoms with Gasteiger partial charge in [-0.1, -0.05) is 18.2 Å². The SMILES string of the molecule is Cc1sc(-c2cnc3ccccc3c2)nc1O. The normalized spacial score (nSPS) is 10.9. The summed E-state index contributed by atoms with van der Waals surface area (Å²) in [5.74, 6) is 0.109. The summed E-state index contributed by atoms with van der Waals surface area (Å²) in [5, 5.41) is 11.4. The van der Waals surface area contributed by atoms with Crippen LogP contribution in [0.5, 0.6) is 5.88 Å². The predicted molar refractivity (Wildman–Crippen MR) is 69.3 cm³/mol. The van der Waals surface area contributed by atoms with Gasteiger partial charge in [0.15, 0.2) is 0 Å². The molecule has 0 aliphatic rings. The van der Waals surface area contributed by atoms with Crippen LogP contribution < -0.4 is 0 Å². The Kier molecular flexibility index (Phi) is 2.30. The lowest BCUT2D eigenvalue weighted by Gasteiger charge is -1.99. The molecule has 0 unspecified atom stereocenters. The smallest absolute Gasteiger partial charge is 0.225 e. The molecule has 4 heteroatoms. The van der Waals surface area contributed by atoms with Crippen LogP contribution in [0.2, 0.25) is 0 Å².